The van der Waals surface area contributed by atoms with Gasteiger partial charge in [-0.3, -0.25) is 55.3 Å². The third-order valence-corrected chi connectivity index (χ3v) is 37.9. The Bertz CT molecular complexity index is 6030. The van der Waals surface area contributed by atoms with Crippen molar-refractivity contribution in [3.63, 3.8) is 0 Å². The molecule has 0 aliphatic carbocycles. The summed E-state index contributed by atoms with van der Waals surface area (Å²) >= 11 is 17.6. The van der Waals surface area contributed by atoms with E-state index in [-0.39, 0.29) is 101 Å². The summed E-state index contributed by atoms with van der Waals surface area (Å²) in [6.07, 6.45) is -1.39. The van der Waals surface area contributed by atoms with Gasteiger partial charge in [-0.15, -0.1) is 4.67 Å². The van der Waals surface area contributed by atoms with Gasteiger partial charge in [-0.2, -0.15) is 0 Å². The third kappa shape index (κ3) is 20.6. The topological polar surface area (TPSA) is 458 Å². The molecule has 678 valence electrons. The van der Waals surface area contributed by atoms with E-state index in [0.29, 0.717) is 16.8 Å². The molecule has 2 aromatic carbocycles. The molecule has 5 aliphatic rings. The second-order valence-corrected chi connectivity index (χ2v) is 51.4. The van der Waals surface area contributed by atoms with Crippen molar-refractivity contribution < 1.29 is 103 Å². The van der Waals surface area contributed by atoms with Gasteiger partial charge in [-0.1, -0.05) is 91.8 Å². The van der Waals surface area contributed by atoms with Gasteiger partial charge in [0, 0.05) is 72.3 Å². The van der Waals surface area contributed by atoms with E-state index in [1.807, 2.05) is 26.1 Å². The average Bonchev–Trinajstić information content (AvgIpc) is 1.62. The molecular formula is C77H95N18O24P3S3Si2. The second-order valence-electron chi connectivity index (χ2n) is 33.2. The smallest absolute Gasteiger partial charge is 0.450 e. The van der Waals surface area contributed by atoms with Crippen molar-refractivity contribution in [3.8, 4) is 0 Å². The number of fused-ring (bicyclic) bond motifs is 7. The normalized spacial score (nSPS) is 27.7. The van der Waals surface area contributed by atoms with Crippen molar-refractivity contribution in [3.05, 3.63) is 190 Å². The standard InChI is InChI=1S/C39H48N9O12PSSi.C38H47N9O12P2S2Si/c1-23-26(57-35(29(23)58-38(52)53)47-16-13-27(50)46-17-14-41-37(46)47)20-55-61(62,54-18-15-40-5)59-30-25(19-49)56-36(31(30)60-63(6,7)39(2,3)4)48-22-44-28-32(42-21-43-33(28)48)45-34(51)24-11-9-8-10-12-24;1-23-25-19-53-61(63,51-18-15-39-5)59-56-30-26(20-52-60(50,62)57-29(23)35(54-25)46-16-13-27(48)45-17-14-40-37(45)46)55-36(31(30)58-64(6,7)38(2,3)4)47-22-43-28-32(41-21-42-33(28)47)44-34(49)24-11-9-8-10-12-24/h8-14,16-17,21-23,25-26,29-31,35-36,49H,15,18-20H2,1-4,6-7H3,(H,52,53)(H,42,43,45,51);8-14,16-17,21-23,25-26,29-31,35-36H,15,18-20H2,1-4,6-7H3,(H,50,62)(H,41,42,44,49)/t23-,25-,26-,29-,30-,31-,35-,36-,61?;23-,25-,26-,29-,30-,31-,35-,36-,60?,61?/m11/s1. The van der Waals surface area contributed by atoms with Crippen LogP contribution in [0.15, 0.2) is 145 Å². The summed E-state index contributed by atoms with van der Waals surface area (Å²) in [7, 11) is -5.41. The number of carbonyl (C=O) groups excluding carboxylic acids is 2. The number of imidazole rings is 4. The van der Waals surface area contributed by atoms with Crippen molar-refractivity contribution >= 4 is 136 Å². The van der Waals surface area contributed by atoms with Crippen LogP contribution < -0.4 is 21.8 Å². The maximum atomic E-state index is 13.2. The first-order valence-corrected chi connectivity index (χ1v) is 53.6. The third-order valence-electron chi connectivity index (χ3n) is 23.0. The molecule has 19 atom stereocenters. The Hall–Kier alpha value is -8.73. The highest BCUT2D eigenvalue weighted by molar-refractivity contribution is 8.08. The van der Waals surface area contributed by atoms with Gasteiger partial charge in [0.1, 0.15) is 62.5 Å². The van der Waals surface area contributed by atoms with Crippen molar-refractivity contribution in [1.82, 2.24) is 66.9 Å². The Morgan fingerprint density at radius 3 is 1.65 bits per heavy atom. The zero-order chi connectivity index (χ0) is 90.9. The minimum atomic E-state index is -4.15. The molecule has 2 bridgehead atoms. The second kappa shape index (κ2) is 38.8. The monoisotopic (exact) mass is 1900 g/mol. The Kier molecular flexibility index (Phi) is 28.8. The number of carbonyl (C=O) groups is 3. The zero-order valence-electron chi connectivity index (χ0n) is 70.7. The van der Waals surface area contributed by atoms with Gasteiger partial charge < -0.3 is 90.6 Å². The fourth-order valence-corrected chi connectivity index (χ4v) is 21.9. The van der Waals surface area contributed by atoms with Crippen molar-refractivity contribution in [1.29, 1.82) is 0 Å². The zero-order valence-corrected chi connectivity index (χ0v) is 77.9. The highest BCUT2D eigenvalue weighted by atomic mass is 32.5. The molecule has 0 saturated carbocycles. The molecule has 5 fully saturated rings. The lowest BCUT2D eigenvalue weighted by molar-refractivity contribution is -0.276. The Morgan fingerprint density at radius 2 is 1.11 bits per heavy atom. The molecule has 127 heavy (non-hydrogen) atoms. The Labute approximate surface area is 744 Å². The minimum Gasteiger partial charge on any atom is -0.450 e. The molecule has 42 nitrogen and oxygen atoms in total. The first-order chi connectivity index (χ1) is 60.3. The van der Waals surface area contributed by atoms with Crippen molar-refractivity contribution in [2.75, 3.05) is 63.4 Å². The van der Waals surface area contributed by atoms with Crippen LogP contribution in [0.3, 0.4) is 0 Å². The van der Waals surface area contributed by atoms with Gasteiger partial charge in [0.25, 0.3) is 22.9 Å². The van der Waals surface area contributed by atoms with Gasteiger partial charge in [-0.25, -0.2) is 62.7 Å². The molecule has 13 heterocycles. The lowest BCUT2D eigenvalue weighted by Gasteiger charge is -2.41. The van der Waals surface area contributed by atoms with Crippen molar-refractivity contribution in [2.45, 2.75) is 178 Å². The van der Waals surface area contributed by atoms with Crippen LogP contribution in [-0.4, -0.2) is 230 Å². The van der Waals surface area contributed by atoms with Crippen LogP contribution in [0.4, 0.5) is 16.4 Å². The van der Waals surface area contributed by atoms with Gasteiger partial charge in [0.05, 0.1) is 51.3 Å². The van der Waals surface area contributed by atoms with Gasteiger partial charge in [-0.05, 0) is 96.0 Å². The highest BCUT2D eigenvalue weighted by Gasteiger charge is 2.58. The number of aliphatic hydroxyl groups excluding tert-OH is 1. The molecule has 0 spiro atoms. The number of ether oxygens (including phenoxy) is 5. The predicted octanol–water partition coefficient (Wildman–Crippen LogP) is 10.6. The van der Waals surface area contributed by atoms with Gasteiger partial charge in [0.2, 0.25) is 24.6 Å². The molecule has 3 unspecified atom stereocenters. The lowest BCUT2D eigenvalue weighted by atomic mass is 10.0. The molecule has 5 aliphatic heterocycles. The van der Waals surface area contributed by atoms with E-state index in [1.54, 1.807) is 75.2 Å². The number of anilines is 2. The van der Waals surface area contributed by atoms with Crippen LogP contribution in [0.1, 0.15) is 101 Å². The number of carboxylic acid groups (broad SMARTS) is 1. The number of hydrogen-bond donors (Lipinski definition) is 5. The van der Waals surface area contributed by atoms with E-state index in [4.69, 9.17) is 122 Å². The Balaban J connectivity index is 0.000000206. The predicted molar refractivity (Wildman–Crippen MR) is 470 cm³/mol. The summed E-state index contributed by atoms with van der Waals surface area (Å²) in [6, 6.07) is 19.9. The quantitative estimate of drug-likeness (QED) is 0.00886. The number of hydrogen-bond acceptors (Lipinski definition) is 33. The lowest BCUT2D eigenvalue weighted by Crippen LogP contribution is -2.49. The van der Waals surface area contributed by atoms with E-state index >= 15 is 0 Å². The Morgan fingerprint density at radius 1 is 0.606 bits per heavy atom. The number of benzene rings is 2. The van der Waals surface area contributed by atoms with Gasteiger partial charge >= 0.3 is 26.3 Å². The molecule has 2 amide bonds. The molecule has 5 saturated heterocycles. The number of amides is 2. The number of nitrogens with zero attached hydrogens (tertiary/aromatic N) is 16. The van der Waals surface area contributed by atoms with Crippen LogP contribution >= 0.6 is 20.2 Å². The summed E-state index contributed by atoms with van der Waals surface area (Å²) in [6.45, 7) is 25.1. The summed E-state index contributed by atoms with van der Waals surface area (Å²) in [4.78, 5) is 124. The highest BCUT2D eigenvalue weighted by Crippen LogP contribution is 2.59. The van der Waals surface area contributed by atoms with Crippen LogP contribution in [0, 0.1) is 25.0 Å². The molecule has 50 heteroatoms. The molecule has 0 radical (unpaired) electrons. The van der Waals surface area contributed by atoms with E-state index < -0.39 is 166 Å². The number of aromatic nitrogens is 14. The maximum Gasteiger partial charge on any atom is 0.506 e. The molecular weight excluding hydrogens is 1810 g/mol. The number of nitrogens with one attached hydrogen (secondary N) is 2. The largest absolute Gasteiger partial charge is 0.506 e. The summed E-state index contributed by atoms with van der Waals surface area (Å²) in [5.74, 6) is -1.20. The first kappa shape index (κ1) is 94.4. The number of rotatable bonds is 25. The van der Waals surface area contributed by atoms with Gasteiger partial charge in [0.15, 0.2) is 87.7 Å². The van der Waals surface area contributed by atoms with E-state index in [0.717, 1.165) is 0 Å². The van der Waals surface area contributed by atoms with E-state index in [2.05, 4.69) is 115 Å². The fourth-order valence-electron chi connectivity index (χ4n) is 14.2. The maximum absolute atomic E-state index is 13.2. The summed E-state index contributed by atoms with van der Waals surface area (Å²) in [5.41, 5.74) is 1.28. The fraction of sp³-hybridized carbons (Fsp3) is 0.494. The van der Waals surface area contributed by atoms with Crippen LogP contribution in [-0.2, 0) is 109 Å². The van der Waals surface area contributed by atoms with Crippen LogP contribution in [0.25, 0.3) is 43.6 Å². The van der Waals surface area contributed by atoms with Crippen molar-refractivity contribution in [2.24, 2.45) is 11.8 Å². The molecule has 10 aromatic rings. The molecule has 15 rings (SSSR count). The SMILES string of the molecule is [C-]#[N+]CCOP(=S)(OC[C@H]1O[C@@H](n2ccc(=O)n3ccnc23)[C@H](OC(=O)O)[C@@H]1C)O[C@H]1[C@@H](O[Si](C)(C)C(C)(C)C)[C@H](n2cnc3c(NC(=O)c4ccccc4)ncnc32)O[C@@H]1CO.[C-]#[N+]CCOP1(=S)OC[C@H]2O[C@@H](n3ccc(=O)n4ccnc34)[C@H](OP(O)(=S)OC[C@H]3O[C@@H](n4cnc5c(NC(=O)c6ccccc6)ncnc54)[C@H](O[Si](C)(C)C(C)(C)C)[C@@H]3OO1)[C@@H]2C. The summed E-state index contributed by atoms with van der Waals surface area (Å²) in [5, 5.41) is 25.6. The number of aliphatic hydroxyl groups is 1. The molecule has 8 aromatic heterocycles. The van der Waals surface area contributed by atoms with Crippen LogP contribution in [0.2, 0.25) is 36.3 Å². The van der Waals surface area contributed by atoms with Crippen LogP contribution in [0.5, 0.6) is 0 Å². The first-order valence-electron chi connectivity index (χ1n) is 40.1. The molecule has 5 N–H and O–H groups in total. The summed E-state index contributed by atoms with van der Waals surface area (Å²) < 4.78 is 104. The average molecular weight is 1900 g/mol. The van der Waals surface area contributed by atoms with E-state index in [9.17, 15) is 39.1 Å². The van der Waals surface area contributed by atoms with E-state index in [1.165, 1.54) is 88.0 Å². The minimum absolute atomic E-state index is 0.0429.